The van der Waals surface area contributed by atoms with Crippen LogP contribution in [0.25, 0.3) is 0 Å². The minimum atomic E-state index is -0.489. The highest BCUT2D eigenvalue weighted by molar-refractivity contribution is 6.30. The van der Waals surface area contributed by atoms with Gasteiger partial charge in [0.25, 0.3) is 0 Å². The maximum absolute atomic E-state index is 11.3. The summed E-state index contributed by atoms with van der Waals surface area (Å²) in [7, 11) is 0. The molecule has 9 heteroatoms. The van der Waals surface area contributed by atoms with E-state index < -0.39 is 4.92 Å². The Bertz CT molecular complexity index is 759. The van der Waals surface area contributed by atoms with Crippen molar-refractivity contribution in [3.8, 4) is 0 Å². The van der Waals surface area contributed by atoms with Gasteiger partial charge in [-0.3, -0.25) is 15.0 Å². The van der Waals surface area contributed by atoms with Crippen LogP contribution < -0.4 is 10.6 Å². The summed E-state index contributed by atoms with van der Waals surface area (Å²) in [6.45, 7) is 9.79. The van der Waals surface area contributed by atoms with Gasteiger partial charge < -0.3 is 10.6 Å². The summed E-state index contributed by atoms with van der Waals surface area (Å²) >= 11 is 5.87. The van der Waals surface area contributed by atoms with Crippen LogP contribution in [0.4, 0.5) is 23.1 Å². The number of nitro groups is 1. The van der Waals surface area contributed by atoms with E-state index in [1.807, 2.05) is 0 Å². The minimum absolute atomic E-state index is 0.155. The summed E-state index contributed by atoms with van der Waals surface area (Å²) in [6.07, 6.45) is 1.20. The van der Waals surface area contributed by atoms with Crippen molar-refractivity contribution in [2.75, 3.05) is 23.7 Å². The van der Waals surface area contributed by atoms with E-state index in [0.717, 1.165) is 12.2 Å². The number of anilines is 3. The van der Waals surface area contributed by atoms with Crippen LogP contribution >= 0.6 is 11.6 Å². The molecule has 0 aliphatic rings. The average molecular weight is 393 g/mol. The Morgan fingerprint density at radius 2 is 1.81 bits per heavy atom. The molecule has 2 rings (SSSR count). The smallest absolute Gasteiger partial charge is 0.329 e. The van der Waals surface area contributed by atoms with Crippen molar-refractivity contribution in [1.29, 1.82) is 0 Å². The molecule has 0 spiro atoms. The molecule has 8 nitrogen and oxygen atoms in total. The number of nitrogens with one attached hydrogen (secondary N) is 2. The van der Waals surface area contributed by atoms with Gasteiger partial charge in [0.1, 0.15) is 6.20 Å². The third-order valence-electron chi connectivity index (χ3n) is 4.06. The van der Waals surface area contributed by atoms with Crippen molar-refractivity contribution in [1.82, 2.24) is 14.9 Å². The topological polar surface area (TPSA) is 96.2 Å². The monoisotopic (exact) mass is 392 g/mol. The summed E-state index contributed by atoms with van der Waals surface area (Å²) < 4.78 is 0. The lowest BCUT2D eigenvalue weighted by molar-refractivity contribution is -0.384. The Balaban J connectivity index is 2.12. The van der Waals surface area contributed by atoms with Crippen LogP contribution in [0.2, 0.25) is 5.02 Å². The van der Waals surface area contributed by atoms with E-state index in [0.29, 0.717) is 23.7 Å². The zero-order valence-corrected chi connectivity index (χ0v) is 16.7. The molecule has 0 saturated carbocycles. The van der Waals surface area contributed by atoms with E-state index in [4.69, 9.17) is 11.6 Å². The predicted molar refractivity (Wildman–Crippen MR) is 109 cm³/mol. The molecule has 27 heavy (non-hydrogen) atoms. The van der Waals surface area contributed by atoms with Crippen LogP contribution in [0.5, 0.6) is 0 Å². The molecule has 0 aliphatic heterocycles. The molecule has 0 fully saturated rings. The summed E-state index contributed by atoms with van der Waals surface area (Å²) in [4.78, 5) is 21.4. The Hall–Kier alpha value is -2.45. The third-order valence-corrected chi connectivity index (χ3v) is 4.31. The summed E-state index contributed by atoms with van der Waals surface area (Å²) in [6, 6.07) is 7.80. The highest BCUT2D eigenvalue weighted by Crippen LogP contribution is 2.24. The molecule has 0 bridgehead atoms. The highest BCUT2D eigenvalue weighted by Gasteiger charge is 2.18. The maximum Gasteiger partial charge on any atom is 0.329 e. The van der Waals surface area contributed by atoms with Gasteiger partial charge in [-0.1, -0.05) is 11.6 Å². The molecule has 0 unspecified atom stereocenters. The van der Waals surface area contributed by atoms with Gasteiger partial charge in [-0.05, 0) is 52.0 Å². The van der Waals surface area contributed by atoms with E-state index in [1.54, 1.807) is 24.3 Å². The highest BCUT2D eigenvalue weighted by atomic mass is 35.5. The van der Waals surface area contributed by atoms with Crippen LogP contribution in [0.15, 0.2) is 30.5 Å². The van der Waals surface area contributed by atoms with Crippen molar-refractivity contribution in [2.45, 2.75) is 39.8 Å². The molecule has 0 saturated heterocycles. The SMILES string of the molecule is CC(C)N(CCNc1nc(Nc2ccc(Cl)cc2)ncc1[N+](=O)[O-])C(C)C. The Morgan fingerprint density at radius 1 is 1.19 bits per heavy atom. The molecule has 2 aromatic rings. The number of benzene rings is 1. The van der Waals surface area contributed by atoms with E-state index in [1.165, 1.54) is 6.20 Å². The van der Waals surface area contributed by atoms with Crippen molar-refractivity contribution in [3.05, 3.63) is 45.6 Å². The van der Waals surface area contributed by atoms with E-state index in [2.05, 4.69) is 53.2 Å². The first kappa shape index (κ1) is 20.9. The van der Waals surface area contributed by atoms with Gasteiger partial charge in [-0.25, -0.2) is 4.98 Å². The number of halogens is 1. The molecule has 1 heterocycles. The number of rotatable bonds is 9. The minimum Gasteiger partial charge on any atom is -0.363 e. The first-order valence-electron chi connectivity index (χ1n) is 8.81. The van der Waals surface area contributed by atoms with Crippen LogP contribution in [0.3, 0.4) is 0 Å². The van der Waals surface area contributed by atoms with Gasteiger partial charge in [0, 0.05) is 35.9 Å². The molecule has 1 aromatic carbocycles. The fourth-order valence-electron chi connectivity index (χ4n) is 2.78. The Morgan fingerprint density at radius 3 is 2.37 bits per heavy atom. The van der Waals surface area contributed by atoms with E-state index in [9.17, 15) is 10.1 Å². The largest absolute Gasteiger partial charge is 0.363 e. The number of hydrogen-bond donors (Lipinski definition) is 2. The number of nitrogens with zero attached hydrogens (tertiary/aromatic N) is 4. The van der Waals surface area contributed by atoms with Crippen LogP contribution in [-0.4, -0.2) is 45.0 Å². The second-order valence-corrected chi connectivity index (χ2v) is 7.10. The molecule has 0 aliphatic carbocycles. The molecule has 0 atom stereocenters. The van der Waals surface area contributed by atoms with Gasteiger partial charge >= 0.3 is 5.69 Å². The molecule has 0 amide bonds. The van der Waals surface area contributed by atoms with Crippen LogP contribution in [-0.2, 0) is 0 Å². The second-order valence-electron chi connectivity index (χ2n) is 6.67. The average Bonchev–Trinajstić information content (AvgIpc) is 2.60. The first-order valence-corrected chi connectivity index (χ1v) is 9.19. The normalized spacial score (nSPS) is 11.3. The lowest BCUT2D eigenvalue weighted by atomic mass is 10.2. The van der Waals surface area contributed by atoms with Gasteiger partial charge in [0.05, 0.1) is 4.92 Å². The van der Waals surface area contributed by atoms with Crippen molar-refractivity contribution >= 4 is 34.7 Å². The van der Waals surface area contributed by atoms with Crippen molar-refractivity contribution < 1.29 is 4.92 Å². The maximum atomic E-state index is 11.3. The summed E-state index contributed by atoms with van der Waals surface area (Å²) in [5.41, 5.74) is 0.585. The Labute approximate surface area is 164 Å². The van der Waals surface area contributed by atoms with Crippen LogP contribution in [0.1, 0.15) is 27.7 Å². The zero-order chi connectivity index (χ0) is 20.0. The van der Waals surface area contributed by atoms with Crippen molar-refractivity contribution in [2.24, 2.45) is 0 Å². The zero-order valence-electron chi connectivity index (χ0n) is 15.9. The van der Waals surface area contributed by atoms with Gasteiger partial charge in [0.2, 0.25) is 11.8 Å². The molecular weight excluding hydrogens is 368 g/mol. The van der Waals surface area contributed by atoms with Crippen LogP contribution in [0, 0.1) is 10.1 Å². The molecule has 0 radical (unpaired) electrons. The van der Waals surface area contributed by atoms with Gasteiger partial charge in [-0.2, -0.15) is 4.98 Å². The van der Waals surface area contributed by atoms with Gasteiger partial charge in [0.15, 0.2) is 0 Å². The molecular formula is C18H25ClN6O2. The standard InChI is InChI=1S/C18H25ClN6O2/c1-12(2)24(13(3)4)10-9-20-17-16(25(26)27)11-21-18(23-17)22-15-7-5-14(19)6-8-15/h5-8,11-13H,9-10H2,1-4H3,(H2,20,21,22,23). The fourth-order valence-corrected chi connectivity index (χ4v) is 2.90. The lowest BCUT2D eigenvalue weighted by Crippen LogP contribution is -2.40. The Kier molecular flexibility index (Phi) is 7.32. The molecule has 146 valence electrons. The van der Waals surface area contributed by atoms with Gasteiger partial charge in [-0.15, -0.1) is 0 Å². The fraction of sp³-hybridized carbons (Fsp3) is 0.444. The summed E-state index contributed by atoms with van der Waals surface area (Å²) in [5, 5.41) is 18.0. The number of aromatic nitrogens is 2. The molecule has 1 aromatic heterocycles. The quantitative estimate of drug-likeness (QED) is 0.484. The third kappa shape index (κ3) is 6.04. The van der Waals surface area contributed by atoms with E-state index in [-0.39, 0.29) is 17.5 Å². The van der Waals surface area contributed by atoms with Crippen molar-refractivity contribution in [3.63, 3.8) is 0 Å². The first-order chi connectivity index (χ1) is 12.8. The number of hydrogen-bond acceptors (Lipinski definition) is 7. The van der Waals surface area contributed by atoms with E-state index >= 15 is 0 Å². The predicted octanol–water partition coefficient (Wildman–Crippen LogP) is 4.31. The molecule has 2 N–H and O–H groups in total. The summed E-state index contributed by atoms with van der Waals surface area (Å²) in [5.74, 6) is 0.467. The second kappa shape index (κ2) is 9.48. The lowest BCUT2D eigenvalue weighted by Gasteiger charge is -2.30.